The number of esters is 1. The summed E-state index contributed by atoms with van der Waals surface area (Å²) in [6, 6.07) is 1.27. The van der Waals surface area contributed by atoms with Gasteiger partial charge in [-0.15, -0.1) is 11.3 Å². The Labute approximate surface area is 105 Å². The SMILES string of the molecule is COC(=O)[C@@H](NC(=O)c1sccc1C)C(C)C. The van der Waals surface area contributed by atoms with Crippen LogP contribution < -0.4 is 5.32 Å². The van der Waals surface area contributed by atoms with Crippen molar-refractivity contribution in [3.8, 4) is 0 Å². The predicted octanol–water partition coefficient (Wildman–Crippen LogP) is 1.98. The molecule has 0 radical (unpaired) electrons. The van der Waals surface area contributed by atoms with Crippen LogP contribution in [0.5, 0.6) is 0 Å². The van der Waals surface area contributed by atoms with E-state index in [1.807, 2.05) is 32.2 Å². The number of hydrogen-bond acceptors (Lipinski definition) is 4. The summed E-state index contributed by atoms with van der Waals surface area (Å²) < 4.78 is 4.67. The maximum atomic E-state index is 12.0. The number of hydrogen-bond donors (Lipinski definition) is 1. The second-order valence-electron chi connectivity index (χ2n) is 4.15. The van der Waals surface area contributed by atoms with Gasteiger partial charge in [-0.05, 0) is 29.9 Å². The molecule has 0 unspecified atom stereocenters. The highest BCUT2D eigenvalue weighted by atomic mass is 32.1. The zero-order chi connectivity index (χ0) is 13.0. The van der Waals surface area contributed by atoms with Crippen molar-refractivity contribution in [2.24, 2.45) is 5.92 Å². The maximum absolute atomic E-state index is 12.0. The minimum absolute atomic E-state index is 0.00771. The van der Waals surface area contributed by atoms with Crippen molar-refractivity contribution in [2.45, 2.75) is 26.8 Å². The molecule has 1 aromatic heterocycles. The summed E-state index contributed by atoms with van der Waals surface area (Å²) in [4.78, 5) is 24.1. The van der Waals surface area contributed by atoms with Gasteiger partial charge >= 0.3 is 5.97 Å². The van der Waals surface area contributed by atoms with Gasteiger partial charge in [-0.3, -0.25) is 4.79 Å². The predicted molar refractivity (Wildman–Crippen MR) is 67.2 cm³/mol. The molecule has 0 saturated heterocycles. The lowest BCUT2D eigenvalue weighted by atomic mass is 10.0. The zero-order valence-corrected chi connectivity index (χ0v) is 11.3. The maximum Gasteiger partial charge on any atom is 0.328 e. The van der Waals surface area contributed by atoms with Gasteiger partial charge in [-0.25, -0.2) is 4.79 Å². The van der Waals surface area contributed by atoms with Gasteiger partial charge in [0, 0.05) is 0 Å². The molecule has 94 valence electrons. The van der Waals surface area contributed by atoms with Crippen LogP contribution >= 0.6 is 11.3 Å². The minimum Gasteiger partial charge on any atom is -0.467 e. The molecule has 0 aliphatic rings. The molecular weight excluding hydrogens is 238 g/mol. The molecule has 17 heavy (non-hydrogen) atoms. The van der Waals surface area contributed by atoms with E-state index in [9.17, 15) is 9.59 Å². The van der Waals surface area contributed by atoms with Crippen LogP contribution in [-0.4, -0.2) is 25.0 Å². The number of thiophene rings is 1. The van der Waals surface area contributed by atoms with Crippen LogP contribution in [-0.2, 0) is 9.53 Å². The fourth-order valence-electron chi connectivity index (χ4n) is 1.44. The summed E-state index contributed by atoms with van der Waals surface area (Å²) in [5, 5.41) is 4.56. The molecule has 4 nitrogen and oxygen atoms in total. The van der Waals surface area contributed by atoms with Crippen molar-refractivity contribution in [3.05, 3.63) is 21.9 Å². The molecule has 1 rings (SSSR count). The second-order valence-corrected chi connectivity index (χ2v) is 5.07. The summed E-state index contributed by atoms with van der Waals surface area (Å²) in [5.41, 5.74) is 0.917. The lowest BCUT2D eigenvalue weighted by molar-refractivity contribution is -0.144. The highest BCUT2D eigenvalue weighted by Crippen LogP contribution is 2.16. The highest BCUT2D eigenvalue weighted by Gasteiger charge is 2.26. The van der Waals surface area contributed by atoms with Crippen LogP contribution in [0, 0.1) is 12.8 Å². The third-order valence-corrected chi connectivity index (χ3v) is 3.49. The molecule has 1 heterocycles. The van der Waals surface area contributed by atoms with Gasteiger partial charge in [0.2, 0.25) is 0 Å². The summed E-state index contributed by atoms with van der Waals surface area (Å²) in [7, 11) is 1.32. The summed E-state index contributed by atoms with van der Waals surface area (Å²) in [5.74, 6) is -0.643. The highest BCUT2D eigenvalue weighted by molar-refractivity contribution is 7.12. The molecule has 0 bridgehead atoms. The molecule has 1 atom stereocenters. The number of carbonyl (C=O) groups is 2. The number of ether oxygens (including phenoxy) is 1. The molecule has 0 saturated carbocycles. The first kappa shape index (κ1) is 13.7. The Hall–Kier alpha value is -1.36. The number of nitrogens with one attached hydrogen (secondary N) is 1. The fraction of sp³-hybridized carbons (Fsp3) is 0.500. The average Bonchev–Trinajstić information content (AvgIpc) is 2.70. The summed E-state index contributed by atoms with van der Waals surface area (Å²) in [6.07, 6.45) is 0. The van der Waals surface area contributed by atoms with Crippen molar-refractivity contribution in [1.29, 1.82) is 0 Å². The van der Waals surface area contributed by atoms with Gasteiger partial charge in [0.1, 0.15) is 6.04 Å². The van der Waals surface area contributed by atoms with Crippen molar-refractivity contribution >= 4 is 23.2 Å². The molecular formula is C12H17NO3S. The summed E-state index contributed by atoms with van der Waals surface area (Å²) in [6.45, 7) is 5.60. The third-order valence-electron chi connectivity index (χ3n) is 2.48. The van der Waals surface area contributed by atoms with Crippen molar-refractivity contribution in [2.75, 3.05) is 7.11 Å². The molecule has 5 heteroatoms. The van der Waals surface area contributed by atoms with E-state index in [0.29, 0.717) is 4.88 Å². The number of aryl methyl sites for hydroxylation is 1. The van der Waals surface area contributed by atoms with Crippen molar-refractivity contribution < 1.29 is 14.3 Å². The van der Waals surface area contributed by atoms with E-state index in [2.05, 4.69) is 10.1 Å². The Kier molecular flexibility index (Phi) is 4.69. The molecule has 0 aromatic carbocycles. The third kappa shape index (κ3) is 3.30. The first-order valence-corrected chi connectivity index (χ1v) is 6.28. The van der Waals surface area contributed by atoms with Gasteiger partial charge in [-0.1, -0.05) is 13.8 Å². The van der Waals surface area contributed by atoms with Gasteiger partial charge in [0.25, 0.3) is 5.91 Å². The number of rotatable bonds is 4. The van der Waals surface area contributed by atoms with E-state index in [4.69, 9.17) is 0 Å². The quantitative estimate of drug-likeness (QED) is 0.837. The van der Waals surface area contributed by atoms with E-state index in [1.165, 1.54) is 18.4 Å². The average molecular weight is 255 g/mol. The van der Waals surface area contributed by atoms with Gasteiger partial charge in [0.05, 0.1) is 12.0 Å². The van der Waals surface area contributed by atoms with Gasteiger partial charge < -0.3 is 10.1 Å². The Balaban J connectivity index is 2.78. The van der Waals surface area contributed by atoms with E-state index < -0.39 is 12.0 Å². The van der Waals surface area contributed by atoms with E-state index in [-0.39, 0.29) is 11.8 Å². The molecule has 1 N–H and O–H groups in total. The van der Waals surface area contributed by atoms with Crippen LogP contribution in [0.3, 0.4) is 0 Å². The molecule has 0 aliphatic carbocycles. The largest absolute Gasteiger partial charge is 0.467 e. The Bertz CT molecular complexity index is 412. The Morgan fingerprint density at radius 1 is 1.41 bits per heavy atom. The van der Waals surface area contributed by atoms with Crippen molar-refractivity contribution in [1.82, 2.24) is 5.32 Å². The van der Waals surface area contributed by atoms with Crippen molar-refractivity contribution in [3.63, 3.8) is 0 Å². The monoisotopic (exact) mass is 255 g/mol. The Morgan fingerprint density at radius 3 is 2.47 bits per heavy atom. The van der Waals surface area contributed by atoms with Crippen LogP contribution in [0.25, 0.3) is 0 Å². The topological polar surface area (TPSA) is 55.4 Å². The lowest BCUT2D eigenvalue weighted by Crippen LogP contribution is -2.44. The number of methoxy groups -OCH3 is 1. The first-order chi connectivity index (χ1) is 7.97. The lowest BCUT2D eigenvalue weighted by Gasteiger charge is -2.19. The van der Waals surface area contributed by atoms with Crippen LogP contribution in [0.2, 0.25) is 0 Å². The normalized spacial score (nSPS) is 12.3. The van der Waals surface area contributed by atoms with Crippen LogP contribution in [0.4, 0.5) is 0 Å². The number of carbonyl (C=O) groups excluding carboxylic acids is 2. The first-order valence-electron chi connectivity index (χ1n) is 5.40. The molecule has 0 aliphatic heterocycles. The minimum atomic E-state index is -0.603. The molecule has 0 spiro atoms. The van der Waals surface area contributed by atoms with Gasteiger partial charge in [-0.2, -0.15) is 0 Å². The summed E-state index contributed by atoms with van der Waals surface area (Å²) >= 11 is 1.37. The molecule has 1 amide bonds. The number of amides is 1. The van der Waals surface area contributed by atoms with E-state index >= 15 is 0 Å². The van der Waals surface area contributed by atoms with E-state index in [0.717, 1.165) is 5.56 Å². The Morgan fingerprint density at radius 2 is 2.06 bits per heavy atom. The molecule has 0 fully saturated rings. The fourth-order valence-corrected chi connectivity index (χ4v) is 2.27. The smallest absolute Gasteiger partial charge is 0.328 e. The van der Waals surface area contributed by atoms with E-state index in [1.54, 1.807) is 0 Å². The van der Waals surface area contributed by atoms with Crippen LogP contribution in [0.15, 0.2) is 11.4 Å². The standard InChI is InChI=1S/C12H17NO3S/c1-7(2)9(12(15)16-4)13-11(14)10-8(3)5-6-17-10/h5-7,9H,1-4H3,(H,13,14)/t9-/m0/s1. The zero-order valence-electron chi connectivity index (χ0n) is 10.4. The second kappa shape index (κ2) is 5.82. The molecule has 1 aromatic rings. The van der Waals surface area contributed by atoms with Crippen LogP contribution in [0.1, 0.15) is 29.1 Å². The van der Waals surface area contributed by atoms with Gasteiger partial charge in [0.15, 0.2) is 0 Å².